The van der Waals surface area contributed by atoms with E-state index in [2.05, 4.69) is 24.1 Å². The zero-order valence-corrected chi connectivity index (χ0v) is 21.7. The van der Waals surface area contributed by atoms with E-state index in [1.165, 1.54) is 32.8 Å². The van der Waals surface area contributed by atoms with Crippen molar-refractivity contribution in [3.05, 3.63) is 47.5 Å². The molecule has 1 saturated carbocycles. The summed E-state index contributed by atoms with van der Waals surface area (Å²) in [6, 6.07) is 7.79. The van der Waals surface area contributed by atoms with Crippen molar-refractivity contribution in [1.29, 1.82) is 0 Å². The van der Waals surface area contributed by atoms with Gasteiger partial charge in [0, 0.05) is 31.7 Å². The molecule has 2 aromatic rings. The third-order valence-corrected chi connectivity index (χ3v) is 6.66. The number of carboxylic acids is 1. The fourth-order valence-electron chi connectivity index (χ4n) is 5.01. The van der Waals surface area contributed by atoms with Gasteiger partial charge >= 0.3 is 5.97 Å². The molecule has 0 spiro atoms. The summed E-state index contributed by atoms with van der Waals surface area (Å²) in [4.78, 5) is 13.6. The van der Waals surface area contributed by atoms with E-state index in [0.717, 1.165) is 25.7 Å². The van der Waals surface area contributed by atoms with Gasteiger partial charge in [-0.1, -0.05) is 33.1 Å². The predicted octanol–water partition coefficient (Wildman–Crippen LogP) is 6.72. The first-order valence-electron chi connectivity index (χ1n) is 12.6. The Morgan fingerprint density at radius 2 is 1.81 bits per heavy atom. The number of rotatable bonds is 12. The van der Waals surface area contributed by atoms with E-state index < -0.39 is 23.5 Å². The van der Waals surface area contributed by atoms with Crippen molar-refractivity contribution >= 4 is 23.0 Å². The van der Waals surface area contributed by atoms with Crippen molar-refractivity contribution in [2.24, 2.45) is 5.92 Å². The molecular formula is C28H38F2N2O4. The summed E-state index contributed by atoms with van der Waals surface area (Å²) in [7, 11) is 2.95. The van der Waals surface area contributed by atoms with E-state index in [0.29, 0.717) is 29.2 Å². The molecule has 1 unspecified atom stereocenters. The van der Waals surface area contributed by atoms with Crippen LogP contribution in [0.2, 0.25) is 0 Å². The molecule has 2 N–H and O–H groups in total. The maximum Gasteiger partial charge on any atom is 0.304 e. The van der Waals surface area contributed by atoms with Crippen LogP contribution >= 0.6 is 0 Å². The van der Waals surface area contributed by atoms with Gasteiger partial charge in [0.2, 0.25) is 0 Å². The number of methoxy groups -OCH3 is 2. The fourth-order valence-corrected chi connectivity index (χ4v) is 5.01. The summed E-state index contributed by atoms with van der Waals surface area (Å²) < 4.78 is 41.3. The molecule has 0 aromatic heterocycles. The average molecular weight is 505 g/mol. The minimum Gasteiger partial charge on any atom is -0.497 e. The minimum absolute atomic E-state index is 0.125. The van der Waals surface area contributed by atoms with Crippen LogP contribution in [0.1, 0.15) is 63.9 Å². The standard InChI is InChI=1S/C28H38F2N2O4/c1-18(2)16-32(21-8-6-5-7-9-21)28-24(30)12-19(20(17-35-3)14-27(33)34)13-26(28)31-25-11-10-22(36-4)15-23(25)29/h10-13,15,18,20-21,31H,5-9,14,16-17H2,1-4H3,(H,33,34). The first kappa shape index (κ1) is 27.7. The van der Waals surface area contributed by atoms with Gasteiger partial charge in [0.25, 0.3) is 0 Å². The predicted molar refractivity (Wildman–Crippen MR) is 139 cm³/mol. The lowest BCUT2D eigenvalue weighted by Gasteiger charge is -2.39. The first-order valence-corrected chi connectivity index (χ1v) is 12.6. The number of carboxylic acid groups (broad SMARTS) is 1. The highest BCUT2D eigenvalue weighted by Gasteiger charge is 2.29. The molecular weight excluding hydrogens is 466 g/mol. The van der Waals surface area contributed by atoms with Crippen molar-refractivity contribution < 1.29 is 28.2 Å². The lowest BCUT2D eigenvalue weighted by molar-refractivity contribution is -0.137. The van der Waals surface area contributed by atoms with Crippen LogP contribution in [0.5, 0.6) is 5.75 Å². The quantitative estimate of drug-likeness (QED) is 0.335. The molecule has 8 heteroatoms. The van der Waals surface area contributed by atoms with E-state index in [1.54, 1.807) is 18.2 Å². The highest BCUT2D eigenvalue weighted by atomic mass is 19.1. The number of carbonyl (C=O) groups is 1. The highest BCUT2D eigenvalue weighted by Crippen LogP contribution is 2.40. The molecule has 3 rings (SSSR count). The molecule has 2 aromatic carbocycles. The summed E-state index contributed by atoms with van der Waals surface area (Å²) in [5, 5.41) is 12.5. The normalized spacial score (nSPS) is 15.1. The summed E-state index contributed by atoms with van der Waals surface area (Å²) in [5.74, 6) is -1.88. The summed E-state index contributed by atoms with van der Waals surface area (Å²) >= 11 is 0. The molecule has 0 bridgehead atoms. The van der Waals surface area contributed by atoms with Gasteiger partial charge in [-0.25, -0.2) is 8.78 Å². The van der Waals surface area contributed by atoms with Gasteiger partial charge in [0.05, 0.1) is 37.2 Å². The largest absolute Gasteiger partial charge is 0.497 e. The second-order valence-electron chi connectivity index (χ2n) is 9.96. The smallest absolute Gasteiger partial charge is 0.304 e. The maximum absolute atomic E-state index is 16.0. The second-order valence-corrected chi connectivity index (χ2v) is 9.96. The maximum atomic E-state index is 16.0. The summed E-state index contributed by atoms with van der Waals surface area (Å²) in [6.45, 7) is 4.97. The van der Waals surface area contributed by atoms with Gasteiger partial charge < -0.3 is 24.8 Å². The Balaban J connectivity index is 2.14. The van der Waals surface area contributed by atoms with Crippen molar-refractivity contribution in [3.8, 4) is 5.75 Å². The van der Waals surface area contributed by atoms with Gasteiger partial charge in [0.15, 0.2) is 0 Å². The number of ether oxygens (including phenoxy) is 2. The van der Waals surface area contributed by atoms with Crippen LogP contribution in [0.25, 0.3) is 0 Å². The molecule has 36 heavy (non-hydrogen) atoms. The van der Waals surface area contributed by atoms with Crippen LogP contribution in [-0.4, -0.2) is 44.5 Å². The fraction of sp³-hybridized carbons (Fsp3) is 0.536. The Labute approximate surface area is 212 Å². The SMILES string of the molecule is COCC(CC(=O)O)c1cc(F)c(N(CC(C)C)C2CCCCC2)c(Nc2ccc(OC)cc2F)c1. The van der Waals surface area contributed by atoms with E-state index >= 15 is 4.39 Å². The highest BCUT2D eigenvalue weighted by molar-refractivity contribution is 5.78. The monoisotopic (exact) mass is 504 g/mol. The molecule has 1 atom stereocenters. The van der Waals surface area contributed by atoms with E-state index in [1.807, 2.05) is 0 Å². The molecule has 0 saturated heterocycles. The molecule has 0 amide bonds. The average Bonchev–Trinajstić information content (AvgIpc) is 2.84. The Morgan fingerprint density at radius 3 is 2.39 bits per heavy atom. The van der Waals surface area contributed by atoms with Gasteiger partial charge in [0.1, 0.15) is 17.4 Å². The van der Waals surface area contributed by atoms with Crippen molar-refractivity contribution in [3.63, 3.8) is 0 Å². The van der Waals surface area contributed by atoms with E-state index in [9.17, 15) is 14.3 Å². The third kappa shape index (κ3) is 7.09. The molecule has 0 radical (unpaired) electrons. The molecule has 1 aliphatic carbocycles. The van der Waals surface area contributed by atoms with Crippen LogP contribution in [-0.2, 0) is 9.53 Å². The minimum atomic E-state index is -0.999. The topological polar surface area (TPSA) is 71.0 Å². The second kappa shape index (κ2) is 12.9. The van der Waals surface area contributed by atoms with E-state index in [-0.39, 0.29) is 30.7 Å². The first-order chi connectivity index (χ1) is 17.2. The summed E-state index contributed by atoms with van der Waals surface area (Å²) in [6.07, 6.45) is 5.07. The Hall–Kier alpha value is -2.87. The zero-order valence-electron chi connectivity index (χ0n) is 21.7. The molecule has 1 fully saturated rings. The number of halogens is 2. The van der Waals surface area contributed by atoms with E-state index in [4.69, 9.17) is 9.47 Å². The zero-order chi connectivity index (χ0) is 26.2. The van der Waals surface area contributed by atoms with Crippen LogP contribution < -0.4 is 15.0 Å². The Kier molecular flexibility index (Phi) is 9.93. The van der Waals surface area contributed by atoms with Gasteiger partial charge in [-0.2, -0.15) is 0 Å². The number of anilines is 3. The molecule has 0 aliphatic heterocycles. The summed E-state index contributed by atoms with van der Waals surface area (Å²) in [5.41, 5.74) is 1.47. The molecule has 1 aliphatic rings. The lowest BCUT2D eigenvalue weighted by Crippen LogP contribution is -2.40. The lowest BCUT2D eigenvalue weighted by atomic mass is 9.91. The van der Waals surface area contributed by atoms with Gasteiger partial charge in [-0.3, -0.25) is 4.79 Å². The van der Waals surface area contributed by atoms with Crippen LogP contribution in [0.3, 0.4) is 0 Å². The number of hydrogen-bond donors (Lipinski definition) is 2. The van der Waals surface area contributed by atoms with Gasteiger partial charge in [-0.05, 0) is 48.6 Å². The number of nitrogens with one attached hydrogen (secondary N) is 1. The number of nitrogens with zero attached hydrogens (tertiary/aromatic N) is 1. The van der Waals surface area contributed by atoms with Gasteiger partial charge in [-0.15, -0.1) is 0 Å². The van der Waals surface area contributed by atoms with Crippen LogP contribution in [0.15, 0.2) is 30.3 Å². The van der Waals surface area contributed by atoms with Crippen molar-refractivity contribution in [2.45, 2.75) is 64.3 Å². The third-order valence-electron chi connectivity index (χ3n) is 6.66. The van der Waals surface area contributed by atoms with Crippen molar-refractivity contribution in [1.82, 2.24) is 0 Å². The van der Waals surface area contributed by atoms with Crippen molar-refractivity contribution in [2.75, 3.05) is 37.6 Å². The number of hydrogen-bond acceptors (Lipinski definition) is 5. The molecule has 6 nitrogen and oxygen atoms in total. The van der Waals surface area contributed by atoms with Crippen LogP contribution in [0, 0.1) is 17.6 Å². The molecule has 198 valence electrons. The number of aliphatic carboxylic acids is 1. The Morgan fingerprint density at radius 1 is 1.08 bits per heavy atom. The number of benzene rings is 2. The van der Waals surface area contributed by atoms with Crippen LogP contribution in [0.4, 0.5) is 25.8 Å². The molecule has 0 heterocycles. The Bertz CT molecular complexity index is 1020.